The first kappa shape index (κ1) is 19.4. The summed E-state index contributed by atoms with van der Waals surface area (Å²) >= 11 is -0.826. The van der Waals surface area contributed by atoms with Crippen LogP contribution in [0.15, 0.2) is 54.1 Å². The topological polar surface area (TPSA) is 0 Å². The van der Waals surface area contributed by atoms with Crippen LogP contribution in [-0.2, 0) is 40.1 Å². The van der Waals surface area contributed by atoms with Crippen LogP contribution in [0.1, 0.15) is 36.1 Å². The van der Waals surface area contributed by atoms with Gasteiger partial charge in [-0.2, -0.15) is 0 Å². The molecule has 5 rings (SSSR count). The number of rotatable bonds is 2. The summed E-state index contributed by atoms with van der Waals surface area (Å²) in [5.41, 5.74) is 10.3. The fourth-order valence-electron chi connectivity index (χ4n) is 4.48. The van der Waals surface area contributed by atoms with Gasteiger partial charge in [0.15, 0.2) is 0 Å². The van der Waals surface area contributed by atoms with Crippen molar-refractivity contribution in [1.82, 2.24) is 0 Å². The maximum atomic E-state index is 4.93. The zero-order chi connectivity index (χ0) is 19.0. The van der Waals surface area contributed by atoms with Crippen LogP contribution >= 0.6 is 17.0 Å². The molecular weight excluding hydrogens is 450 g/mol. The quantitative estimate of drug-likeness (QED) is 0.361. The van der Waals surface area contributed by atoms with E-state index < -0.39 is 20.8 Å². The monoisotopic (exact) mass is 470 g/mol. The Morgan fingerprint density at radius 2 is 1.48 bits per heavy atom. The van der Waals surface area contributed by atoms with Crippen molar-refractivity contribution in [3.05, 3.63) is 76.4 Å². The van der Waals surface area contributed by atoms with E-state index in [1.807, 2.05) is 0 Å². The Bertz CT molecular complexity index is 1020. The van der Waals surface area contributed by atoms with Crippen molar-refractivity contribution in [1.29, 1.82) is 0 Å². The SMILES string of the molecule is CC(C)C1=Cc2c(cccc2-c2ccc3c4c(cccc24)CC3)C1.[Cl][Zr][Cl]. The summed E-state index contributed by atoms with van der Waals surface area (Å²) in [6, 6.07) is 18.4. The molecule has 0 nitrogen and oxygen atoms in total. The first-order valence-electron chi connectivity index (χ1n) is 9.46. The second kappa shape index (κ2) is 8.24. The minimum absolute atomic E-state index is 0.623. The molecule has 2 aliphatic carbocycles. The van der Waals surface area contributed by atoms with Gasteiger partial charge < -0.3 is 0 Å². The summed E-state index contributed by atoms with van der Waals surface area (Å²) in [5.74, 6) is 0.623. The fourth-order valence-corrected chi connectivity index (χ4v) is 4.48. The van der Waals surface area contributed by atoms with Crippen LogP contribution in [0.25, 0.3) is 28.0 Å². The number of hydrogen-bond acceptors (Lipinski definition) is 0. The molecule has 0 radical (unpaired) electrons. The Balaban J connectivity index is 0.000000565. The molecule has 0 heterocycles. The Kier molecular flexibility index (Phi) is 5.93. The molecule has 0 aromatic heterocycles. The number of allylic oxidation sites excluding steroid dienone is 1. The van der Waals surface area contributed by atoms with Crippen LogP contribution in [0.5, 0.6) is 0 Å². The standard InChI is InChI=1S/C24H22.2ClH.Zr/c1-15(2)19-13-18-6-4-7-20(23(18)14-19)21-12-11-17-10-9-16-5-3-8-22(21)24(16)17;;;/h3-8,11-12,14-15H,9-10,13H2,1-2H3;2*1H;/q;;;+2/p-2. The second-order valence-corrected chi connectivity index (χ2v) is 11.3. The number of fused-ring (bicyclic) bond motifs is 1. The predicted octanol–water partition coefficient (Wildman–Crippen LogP) is 7.58. The first-order chi connectivity index (χ1) is 13.1. The summed E-state index contributed by atoms with van der Waals surface area (Å²) < 4.78 is 0. The van der Waals surface area contributed by atoms with E-state index in [0.29, 0.717) is 5.92 Å². The van der Waals surface area contributed by atoms with E-state index >= 15 is 0 Å². The molecule has 0 N–H and O–H groups in total. The van der Waals surface area contributed by atoms with Gasteiger partial charge in [0.25, 0.3) is 0 Å². The first-order valence-corrected chi connectivity index (χ1v) is 15.8. The molecule has 3 aromatic carbocycles. The third-order valence-corrected chi connectivity index (χ3v) is 5.83. The molecule has 0 bridgehead atoms. The fraction of sp³-hybridized carbons (Fsp3) is 0.250. The van der Waals surface area contributed by atoms with E-state index in [4.69, 9.17) is 17.0 Å². The summed E-state index contributed by atoms with van der Waals surface area (Å²) in [5, 5.41) is 2.95. The average Bonchev–Trinajstić information content (AvgIpc) is 3.28. The van der Waals surface area contributed by atoms with Gasteiger partial charge in [0.05, 0.1) is 0 Å². The zero-order valence-electron chi connectivity index (χ0n) is 15.7. The molecule has 0 amide bonds. The predicted molar refractivity (Wildman–Crippen MR) is 115 cm³/mol. The molecule has 0 aliphatic heterocycles. The van der Waals surface area contributed by atoms with E-state index in [0.717, 1.165) is 6.42 Å². The van der Waals surface area contributed by atoms with E-state index in [-0.39, 0.29) is 0 Å². The van der Waals surface area contributed by atoms with Crippen molar-refractivity contribution in [3.63, 3.8) is 0 Å². The molecule has 0 spiro atoms. The number of benzene rings is 3. The van der Waals surface area contributed by atoms with E-state index in [1.165, 1.54) is 57.0 Å². The molecule has 0 saturated carbocycles. The summed E-state index contributed by atoms with van der Waals surface area (Å²) in [6.45, 7) is 4.60. The minimum atomic E-state index is -0.826. The molecule has 3 aromatic rings. The third-order valence-electron chi connectivity index (χ3n) is 5.83. The second-order valence-electron chi connectivity index (χ2n) is 7.61. The van der Waals surface area contributed by atoms with Gasteiger partial charge in [0.2, 0.25) is 0 Å². The summed E-state index contributed by atoms with van der Waals surface area (Å²) in [4.78, 5) is 0. The molecule has 0 atom stereocenters. The summed E-state index contributed by atoms with van der Waals surface area (Å²) in [7, 11) is 9.87. The van der Waals surface area contributed by atoms with Crippen molar-refractivity contribution >= 4 is 33.9 Å². The molecule has 136 valence electrons. The van der Waals surface area contributed by atoms with Gasteiger partial charge in [-0.05, 0) is 69.3 Å². The molecular formula is C24H22Cl2Zr. The molecule has 0 saturated heterocycles. The van der Waals surface area contributed by atoms with E-state index in [2.05, 4.69) is 68.5 Å². The number of hydrogen-bond donors (Lipinski definition) is 0. The summed E-state index contributed by atoms with van der Waals surface area (Å²) in [6.07, 6.45) is 5.95. The third kappa shape index (κ3) is 3.60. The Morgan fingerprint density at radius 3 is 2.22 bits per heavy atom. The van der Waals surface area contributed by atoms with Crippen molar-refractivity contribution in [2.75, 3.05) is 0 Å². The van der Waals surface area contributed by atoms with Gasteiger partial charge in [0, 0.05) is 0 Å². The van der Waals surface area contributed by atoms with Gasteiger partial charge >= 0.3 is 37.9 Å². The Labute approximate surface area is 180 Å². The van der Waals surface area contributed by atoms with Gasteiger partial charge in [0.1, 0.15) is 0 Å². The number of aryl methyl sites for hydroxylation is 2. The Hall–Kier alpha value is -0.877. The van der Waals surface area contributed by atoms with E-state index in [1.54, 1.807) is 5.57 Å². The van der Waals surface area contributed by atoms with Gasteiger partial charge in [-0.1, -0.05) is 74.0 Å². The van der Waals surface area contributed by atoms with Crippen LogP contribution < -0.4 is 0 Å². The Morgan fingerprint density at radius 1 is 0.815 bits per heavy atom. The van der Waals surface area contributed by atoms with Gasteiger partial charge in [-0.3, -0.25) is 0 Å². The van der Waals surface area contributed by atoms with Crippen LogP contribution in [0, 0.1) is 5.92 Å². The van der Waals surface area contributed by atoms with E-state index in [9.17, 15) is 0 Å². The van der Waals surface area contributed by atoms with Crippen molar-refractivity contribution in [3.8, 4) is 11.1 Å². The zero-order valence-corrected chi connectivity index (χ0v) is 19.6. The van der Waals surface area contributed by atoms with Crippen molar-refractivity contribution in [2.45, 2.75) is 33.1 Å². The van der Waals surface area contributed by atoms with Crippen LogP contribution in [0.3, 0.4) is 0 Å². The maximum absolute atomic E-state index is 4.93. The van der Waals surface area contributed by atoms with Crippen molar-refractivity contribution < 1.29 is 20.8 Å². The van der Waals surface area contributed by atoms with Gasteiger partial charge in [-0.15, -0.1) is 0 Å². The van der Waals surface area contributed by atoms with Crippen LogP contribution in [-0.4, -0.2) is 0 Å². The molecule has 2 aliphatic rings. The average molecular weight is 473 g/mol. The molecule has 0 fully saturated rings. The molecule has 3 heteroatoms. The molecule has 0 unspecified atom stereocenters. The normalized spacial score (nSPS) is 14.0. The van der Waals surface area contributed by atoms with Gasteiger partial charge in [-0.25, -0.2) is 0 Å². The van der Waals surface area contributed by atoms with Crippen LogP contribution in [0.2, 0.25) is 0 Å². The van der Waals surface area contributed by atoms with Crippen molar-refractivity contribution in [2.24, 2.45) is 5.92 Å². The molecule has 27 heavy (non-hydrogen) atoms. The number of halogens is 2. The van der Waals surface area contributed by atoms with Crippen LogP contribution in [0.4, 0.5) is 0 Å².